The van der Waals surface area contributed by atoms with Crippen LogP contribution < -0.4 is 5.32 Å². The van der Waals surface area contributed by atoms with E-state index in [9.17, 15) is 5.11 Å². The van der Waals surface area contributed by atoms with Crippen molar-refractivity contribution in [2.45, 2.75) is 26.5 Å². The van der Waals surface area contributed by atoms with Crippen LogP contribution in [0.25, 0.3) is 10.8 Å². The highest BCUT2D eigenvalue weighted by Crippen LogP contribution is 2.23. The highest BCUT2D eigenvalue weighted by molar-refractivity contribution is 7.13. The number of furan rings is 1. The SMILES string of the molecule is CC(C)C(O)CNCc1csc(-c2ccco2)n1. The Kier molecular flexibility index (Phi) is 4.52. The largest absolute Gasteiger partial charge is 0.462 e. The van der Waals surface area contributed by atoms with Crippen LogP contribution in [0.3, 0.4) is 0 Å². The van der Waals surface area contributed by atoms with Gasteiger partial charge < -0.3 is 14.8 Å². The predicted molar refractivity (Wildman–Crippen MR) is 72.4 cm³/mol. The molecule has 0 radical (unpaired) electrons. The molecule has 18 heavy (non-hydrogen) atoms. The highest BCUT2D eigenvalue weighted by atomic mass is 32.1. The lowest BCUT2D eigenvalue weighted by Gasteiger charge is -2.14. The monoisotopic (exact) mass is 266 g/mol. The van der Waals surface area contributed by atoms with E-state index >= 15 is 0 Å². The lowest BCUT2D eigenvalue weighted by molar-refractivity contribution is 0.123. The Morgan fingerprint density at radius 1 is 1.50 bits per heavy atom. The highest BCUT2D eigenvalue weighted by Gasteiger charge is 2.10. The van der Waals surface area contributed by atoms with Gasteiger partial charge in [-0.15, -0.1) is 11.3 Å². The van der Waals surface area contributed by atoms with Crippen LogP contribution in [0.15, 0.2) is 28.2 Å². The third-order valence-corrected chi connectivity index (χ3v) is 3.62. The van der Waals surface area contributed by atoms with E-state index in [1.165, 1.54) is 0 Å². The number of nitrogens with zero attached hydrogens (tertiary/aromatic N) is 1. The van der Waals surface area contributed by atoms with E-state index in [-0.39, 0.29) is 12.0 Å². The molecule has 4 nitrogen and oxygen atoms in total. The van der Waals surface area contributed by atoms with Crippen molar-refractivity contribution in [1.29, 1.82) is 0 Å². The molecule has 0 saturated carbocycles. The zero-order chi connectivity index (χ0) is 13.0. The second kappa shape index (κ2) is 6.13. The molecule has 2 heterocycles. The van der Waals surface area contributed by atoms with Crippen molar-refractivity contribution in [2.24, 2.45) is 5.92 Å². The molecule has 0 amide bonds. The van der Waals surface area contributed by atoms with Crippen molar-refractivity contribution in [3.63, 3.8) is 0 Å². The molecule has 0 fully saturated rings. The molecule has 2 aromatic heterocycles. The van der Waals surface area contributed by atoms with Crippen molar-refractivity contribution >= 4 is 11.3 Å². The molecule has 1 unspecified atom stereocenters. The van der Waals surface area contributed by atoms with Crippen molar-refractivity contribution in [3.05, 3.63) is 29.5 Å². The maximum absolute atomic E-state index is 9.66. The van der Waals surface area contributed by atoms with Gasteiger partial charge in [-0.05, 0) is 18.1 Å². The molecule has 2 rings (SSSR count). The van der Waals surface area contributed by atoms with Crippen molar-refractivity contribution in [1.82, 2.24) is 10.3 Å². The van der Waals surface area contributed by atoms with Gasteiger partial charge in [-0.1, -0.05) is 13.8 Å². The summed E-state index contributed by atoms with van der Waals surface area (Å²) in [7, 11) is 0. The van der Waals surface area contributed by atoms with Gasteiger partial charge >= 0.3 is 0 Å². The van der Waals surface area contributed by atoms with Gasteiger partial charge in [-0.3, -0.25) is 0 Å². The Hall–Kier alpha value is -1.17. The number of rotatable bonds is 6. The molecular formula is C13H18N2O2S. The fourth-order valence-electron chi connectivity index (χ4n) is 1.49. The first-order valence-corrected chi connectivity index (χ1v) is 6.92. The molecule has 5 heteroatoms. The third kappa shape index (κ3) is 3.41. The standard InChI is InChI=1S/C13H18N2O2S/c1-9(2)11(16)7-14-6-10-8-18-13(15-10)12-4-3-5-17-12/h3-5,8-9,11,14,16H,6-7H2,1-2H3. The Labute approximate surface area is 111 Å². The Balaban J connectivity index is 1.84. The number of thiazole rings is 1. The molecule has 0 aliphatic rings. The summed E-state index contributed by atoms with van der Waals surface area (Å²) in [4.78, 5) is 4.48. The van der Waals surface area contributed by atoms with Gasteiger partial charge in [0, 0.05) is 18.5 Å². The van der Waals surface area contributed by atoms with Gasteiger partial charge in [0.1, 0.15) is 0 Å². The van der Waals surface area contributed by atoms with Crippen LogP contribution in [0.2, 0.25) is 0 Å². The van der Waals surface area contributed by atoms with Crippen LogP contribution in [0.1, 0.15) is 19.5 Å². The molecule has 1 atom stereocenters. The van der Waals surface area contributed by atoms with E-state index < -0.39 is 0 Å². The molecule has 0 bridgehead atoms. The Morgan fingerprint density at radius 2 is 2.33 bits per heavy atom. The zero-order valence-electron chi connectivity index (χ0n) is 10.6. The number of hydrogen-bond acceptors (Lipinski definition) is 5. The summed E-state index contributed by atoms with van der Waals surface area (Å²) in [6.45, 7) is 5.26. The van der Waals surface area contributed by atoms with Crippen LogP contribution >= 0.6 is 11.3 Å². The minimum Gasteiger partial charge on any atom is -0.462 e. The van der Waals surface area contributed by atoms with Crippen LogP contribution in [-0.2, 0) is 6.54 Å². The van der Waals surface area contributed by atoms with Gasteiger partial charge in [0.05, 0.1) is 18.1 Å². The van der Waals surface area contributed by atoms with Crippen molar-refractivity contribution < 1.29 is 9.52 Å². The van der Waals surface area contributed by atoms with E-state index in [4.69, 9.17) is 4.42 Å². The number of aromatic nitrogens is 1. The maximum atomic E-state index is 9.66. The molecule has 2 N–H and O–H groups in total. The van der Waals surface area contributed by atoms with Gasteiger partial charge in [0.25, 0.3) is 0 Å². The maximum Gasteiger partial charge on any atom is 0.162 e. The lowest BCUT2D eigenvalue weighted by Crippen LogP contribution is -2.30. The number of hydrogen-bond donors (Lipinski definition) is 2. The second-order valence-corrected chi connectivity index (χ2v) is 5.42. The summed E-state index contributed by atoms with van der Waals surface area (Å²) in [5, 5.41) is 15.8. The van der Waals surface area contributed by atoms with Gasteiger partial charge in [-0.25, -0.2) is 4.98 Å². The van der Waals surface area contributed by atoms with Crippen molar-refractivity contribution in [3.8, 4) is 10.8 Å². The predicted octanol–water partition coefficient (Wildman–Crippen LogP) is 2.51. The van der Waals surface area contributed by atoms with Crippen molar-refractivity contribution in [2.75, 3.05) is 6.54 Å². The van der Waals surface area contributed by atoms with E-state index in [1.807, 2.05) is 31.4 Å². The molecule has 0 aliphatic heterocycles. The fraction of sp³-hybridized carbons (Fsp3) is 0.462. The second-order valence-electron chi connectivity index (χ2n) is 4.56. The molecule has 2 aromatic rings. The first-order valence-electron chi connectivity index (χ1n) is 6.04. The fourth-order valence-corrected chi connectivity index (χ4v) is 2.27. The average Bonchev–Trinajstić information content (AvgIpc) is 2.98. The van der Waals surface area contributed by atoms with Gasteiger partial charge in [-0.2, -0.15) is 0 Å². The first-order chi connectivity index (χ1) is 8.66. The minimum atomic E-state index is -0.312. The molecule has 0 aromatic carbocycles. The van der Waals surface area contributed by atoms with Crippen LogP contribution in [0.4, 0.5) is 0 Å². The number of nitrogens with one attached hydrogen (secondary N) is 1. The molecule has 0 saturated heterocycles. The van der Waals surface area contributed by atoms with E-state index in [0.717, 1.165) is 16.5 Å². The zero-order valence-corrected chi connectivity index (χ0v) is 11.4. The lowest BCUT2D eigenvalue weighted by atomic mass is 10.1. The average molecular weight is 266 g/mol. The molecule has 98 valence electrons. The minimum absolute atomic E-state index is 0.270. The van der Waals surface area contributed by atoms with E-state index in [1.54, 1.807) is 17.6 Å². The van der Waals surface area contributed by atoms with Crippen LogP contribution in [0.5, 0.6) is 0 Å². The quantitative estimate of drug-likeness (QED) is 0.843. The smallest absolute Gasteiger partial charge is 0.162 e. The molecule has 0 spiro atoms. The summed E-state index contributed by atoms with van der Waals surface area (Å²) in [6, 6.07) is 3.76. The summed E-state index contributed by atoms with van der Waals surface area (Å²) in [5.74, 6) is 1.07. The van der Waals surface area contributed by atoms with Gasteiger partial charge in [0.2, 0.25) is 0 Å². The normalized spacial score (nSPS) is 13.1. The van der Waals surface area contributed by atoms with E-state index in [0.29, 0.717) is 13.1 Å². The Bertz CT molecular complexity index is 465. The number of aliphatic hydroxyl groups is 1. The molecule has 0 aliphatic carbocycles. The first kappa shape index (κ1) is 13.3. The summed E-state index contributed by atoms with van der Waals surface area (Å²) in [5.41, 5.74) is 0.974. The third-order valence-electron chi connectivity index (χ3n) is 2.71. The Morgan fingerprint density at radius 3 is 3.00 bits per heavy atom. The summed E-state index contributed by atoms with van der Waals surface area (Å²) >= 11 is 1.57. The van der Waals surface area contributed by atoms with E-state index in [2.05, 4.69) is 10.3 Å². The summed E-state index contributed by atoms with van der Waals surface area (Å²) < 4.78 is 5.29. The number of aliphatic hydroxyl groups excluding tert-OH is 1. The van der Waals surface area contributed by atoms with Crippen LogP contribution in [0, 0.1) is 5.92 Å². The summed E-state index contributed by atoms with van der Waals surface area (Å²) in [6.07, 6.45) is 1.33. The topological polar surface area (TPSA) is 58.3 Å². The molecular weight excluding hydrogens is 248 g/mol. The van der Waals surface area contributed by atoms with Gasteiger partial charge in [0.15, 0.2) is 10.8 Å². The van der Waals surface area contributed by atoms with Crippen LogP contribution in [-0.4, -0.2) is 22.7 Å².